The standard InChI is InChI=1S/C17H19NO2S2/c1-18(2)15-10-8-14(9-11-15)6-4-5-7-16-12-13-17(21-16)22(3,19)20/h4-13H,1-3H3/b6-4+,7-5+. The minimum atomic E-state index is -3.10. The van der Waals surface area contributed by atoms with Gasteiger partial charge < -0.3 is 4.90 Å². The summed E-state index contributed by atoms with van der Waals surface area (Å²) in [4.78, 5) is 2.98. The molecule has 1 aromatic heterocycles. The van der Waals surface area contributed by atoms with Gasteiger partial charge in [-0.15, -0.1) is 11.3 Å². The molecule has 2 aromatic rings. The molecule has 0 aliphatic rings. The molecule has 22 heavy (non-hydrogen) atoms. The number of nitrogens with zero attached hydrogens (tertiary/aromatic N) is 1. The molecule has 2 rings (SSSR count). The molecule has 0 unspecified atom stereocenters. The van der Waals surface area contributed by atoms with Gasteiger partial charge in [-0.3, -0.25) is 0 Å². The van der Waals surface area contributed by atoms with Crippen molar-refractivity contribution in [3.05, 3.63) is 59.0 Å². The molecule has 5 heteroatoms. The van der Waals surface area contributed by atoms with Crippen LogP contribution in [0.2, 0.25) is 0 Å². The zero-order valence-corrected chi connectivity index (χ0v) is 14.5. The quantitative estimate of drug-likeness (QED) is 0.778. The third-order valence-electron chi connectivity index (χ3n) is 3.04. The van der Waals surface area contributed by atoms with Crippen molar-refractivity contribution >= 4 is 39.0 Å². The van der Waals surface area contributed by atoms with E-state index >= 15 is 0 Å². The van der Waals surface area contributed by atoms with Gasteiger partial charge in [0.25, 0.3) is 0 Å². The summed E-state index contributed by atoms with van der Waals surface area (Å²) >= 11 is 1.28. The zero-order valence-electron chi connectivity index (χ0n) is 12.9. The molecule has 0 aliphatic carbocycles. The van der Waals surface area contributed by atoms with Gasteiger partial charge in [-0.05, 0) is 35.9 Å². The summed E-state index contributed by atoms with van der Waals surface area (Å²) in [6.07, 6.45) is 9.01. The lowest BCUT2D eigenvalue weighted by molar-refractivity contribution is 0.604. The van der Waals surface area contributed by atoms with Gasteiger partial charge in [-0.1, -0.05) is 30.4 Å². The molecule has 116 valence electrons. The molecule has 3 nitrogen and oxygen atoms in total. The SMILES string of the molecule is CN(C)c1ccc(/C=C/C=C/c2ccc(S(C)(=O)=O)s2)cc1. The third-order valence-corrected chi connectivity index (χ3v) is 5.91. The van der Waals surface area contributed by atoms with Gasteiger partial charge in [0.15, 0.2) is 9.84 Å². The Labute approximate surface area is 136 Å². The van der Waals surface area contributed by atoms with Crippen LogP contribution in [0.1, 0.15) is 10.4 Å². The molecule has 1 aromatic carbocycles. The number of sulfone groups is 1. The van der Waals surface area contributed by atoms with Crippen molar-refractivity contribution < 1.29 is 8.42 Å². The highest BCUT2D eigenvalue weighted by Gasteiger charge is 2.08. The molecule has 0 spiro atoms. The zero-order chi connectivity index (χ0) is 16.2. The predicted molar refractivity (Wildman–Crippen MR) is 96.3 cm³/mol. The first kappa shape index (κ1) is 16.5. The van der Waals surface area contributed by atoms with Crippen molar-refractivity contribution in [3.63, 3.8) is 0 Å². The Morgan fingerprint density at radius 1 is 0.955 bits per heavy atom. The molecule has 0 aliphatic heterocycles. The van der Waals surface area contributed by atoms with Crippen LogP contribution in [0.15, 0.2) is 52.8 Å². The number of benzene rings is 1. The Balaban J connectivity index is 2.01. The number of hydrogen-bond acceptors (Lipinski definition) is 4. The monoisotopic (exact) mass is 333 g/mol. The van der Waals surface area contributed by atoms with Crippen LogP contribution in [0, 0.1) is 0 Å². The van der Waals surface area contributed by atoms with Crippen molar-refractivity contribution in [2.45, 2.75) is 4.21 Å². The predicted octanol–water partition coefficient (Wildman–Crippen LogP) is 3.94. The lowest BCUT2D eigenvalue weighted by atomic mass is 10.2. The van der Waals surface area contributed by atoms with Crippen LogP contribution < -0.4 is 4.90 Å². The maximum atomic E-state index is 11.4. The summed E-state index contributed by atoms with van der Waals surface area (Å²) in [5.41, 5.74) is 2.29. The molecular weight excluding hydrogens is 314 g/mol. The molecule has 0 radical (unpaired) electrons. The fraction of sp³-hybridized carbons (Fsp3) is 0.176. The van der Waals surface area contributed by atoms with Gasteiger partial charge in [0.2, 0.25) is 0 Å². The summed E-state index contributed by atoms with van der Waals surface area (Å²) in [7, 11) is 0.922. The molecule has 0 saturated carbocycles. The Hall–Kier alpha value is -1.85. The minimum Gasteiger partial charge on any atom is -0.378 e. The number of hydrogen-bond donors (Lipinski definition) is 0. The van der Waals surface area contributed by atoms with Gasteiger partial charge in [-0.2, -0.15) is 0 Å². The summed E-state index contributed by atoms with van der Waals surface area (Å²) in [6, 6.07) is 11.7. The van der Waals surface area contributed by atoms with E-state index in [9.17, 15) is 8.42 Å². The Kier molecular flexibility index (Phi) is 5.21. The average molecular weight is 333 g/mol. The van der Waals surface area contributed by atoms with E-state index in [0.717, 1.165) is 10.4 Å². The van der Waals surface area contributed by atoms with Crippen LogP contribution in [0.25, 0.3) is 12.2 Å². The van der Waals surface area contributed by atoms with E-state index in [0.29, 0.717) is 4.21 Å². The number of thiophene rings is 1. The number of allylic oxidation sites excluding steroid dienone is 2. The van der Waals surface area contributed by atoms with Crippen LogP contribution in [0.4, 0.5) is 5.69 Å². The Morgan fingerprint density at radius 3 is 2.14 bits per heavy atom. The normalized spacial score (nSPS) is 12.3. The van der Waals surface area contributed by atoms with Crippen LogP contribution in [-0.2, 0) is 9.84 Å². The Morgan fingerprint density at radius 2 is 1.59 bits per heavy atom. The highest BCUT2D eigenvalue weighted by atomic mass is 32.2. The van der Waals surface area contributed by atoms with Gasteiger partial charge >= 0.3 is 0 Å². The summed E-state index contributed by atoms with van der Waals surface area (Å²) in [5.74, 6) is 0. The lowest BCUT2D eigenvalue weighted by Crippen LogP contribution is -2.07. The molecule has 0 bridgehead atoms. The van der Waals surface area contributed by atoms with Crippen LogP contribution in [0.3, 0.4) is 0 Å². The first-order valence-electron chi connectivity index (χ1n) is 6.78. The molecule has 1 heterocycles. The molecular formula is C17H19NO2S2. The summed E-state index contributed by atoms with van der Waals surface area (Å²) in [5, 5.41) is 0. The average Bonchev–Trinajstić information content (AvgIpc) is 2.93. The highest BCUT2D eigenvalue weighted by Crippen LogP contribution is 2.22. The van der Waals surface area contributed by atoms with Crippen molar-refractivity contribution in [1.82, 2.24) is 0 Å². The summed E-state index contributed by atoms with van der Waals surface area (Å²) < 4.78 is 23.2. The Bertz CT molecular complexity index is 782. The number of rotatable bonds is 5. The highest BCUT2D eigenvalue weighted by molar-refractivity contribution is 7.92. The topological polar surface area (TPSA) is 37.4 Å². The van der Waals surface area contributed by atoms with E-state index < -0.39 is 9.84 Å². The first-order chi connectivity index (χ1) is 10.4. The second kappa shape index (κ2) is 6.94. The minimum absolute atomic E-state index is 0.399. The fourth-order valence-electron chi connectivity index (χ4n) is 1.82. The van der Waals surface area contributed by atoms with Crippen LogP contribution >= 0.6 is 11.3 Å². The van der Waals surface area contributed by atoms with E-state index in [1.807, 2.05) is 44.5 Å². The second-order valence-electron chi connectivity index (χ2n) is 5.13. The molecule has 0 atom stereocenters. The van der Waals surface area contributed by atoms with E-state index in [4.69, 9.17) is 0 Å². The van der Waals surface area contributed by atoms with E-state index in [2.05, 4.69) is 29.2 Å². The lowest BCUT2D eigenvalue weighted by Gasteiger charge is -2.11. The fourth-order valence-corrected chi connectivity index (χ4v) is 3.68. The molecule has 0 amide bonds. The maximum absolute atomic E-state index is 11.4. The van der Waals surface area contributed by atoms with Gasteiger partial charge in [0.1, 0.15) is 4.21 Å². The largest absolute Gasteiger partial charge is 0.378 e. The van der Waals surface area contributed by atoms with E-state index in [1.54, 1.807) is 6.07 Å². The number of anilines is 1. The molecule has 0 N–H and O–H groups in total. The van der Waals surface area contributed by atoms with Crippen molar-refractivity contribution in [2.75, 3.05) is 25.3 Å². The molecule has 0 fully saturated rings. The van der Waals surface area contributed by atoms with Crippen molar-refractivity contribution in [3.8, 4) is 0 Å². The first-order valence-corrected chi connectivity index (χ1v) is 9.49. The van der Waals surface area contributed by atoms with Crippen molar-refractivity contribution in [2.24, 2.45) is 0 Å². The van der Waals surface area contributed by atoms with Gasteiger partial charge in [0.05, 0.1) is 0 Å². The van der Waals surface area contributed by atoms with Gasteiger partial charge in [-0.25, -0.2) is 8.42 Å². The maximum Gasteiger partial charge on any atom is 0.184 e. The van der Waals surface area contributed by atoms with E-state index in [-0.39, 0.29) is 0 Å². The van der Waals surface area contributed by atoms with Gasteiger partial charge in [0, 0.05) is 30.9 Å². The van der Waals surface area contributed by atoms with Crippen molar-refractivity contribution in [1.29, 1.82) is 0 Å². The third kappa shape index (κ3) is 4.58. The summed E-state index contributed by atoms with van der Waals surface area (Å²) in [6.45, 7) is 0. The second-order valence-corrected chi connectivity index (χ2v) is 8.49. The smallest absolute Gasteiger partial charge is 0.184 e. The van der Waals surface area contributed by atoms with Crippen LogP contribution in [0.5, 0.6) is 0 Å². The van der Waals surface area contributed by atoms with E-state index in [1.165, 1.54) is 23.3 Å². The molecule has 0 saturated heterocycles. The van der Waals surface area contributed by atoms with Crippen LogP contribution in [-0.4, -0.2) is 28.8 Å².